The number of nitrogens with zero attached hydrogens (tertiary/aromatic N) is 3. The van der Waals surface area contributed by atoms with Gasteiger partial charge in [-0.3, -0.25) is 4.79 Å². The Kier molecular flexibility index (Phi) is 6.48. The molecule has 1 aliphatic carbocycles. The van der Waals surface area contributed by atoms with Crippen LogP contribution in [0.2, 0.25) is 0 Å². The van der Waals surface area contributed by atoms with Gasteiger partial charge in [0.25, 0.3) is 5.91 Å². The highest BCUT2D eigenvalue weighted by Gasteiger charge is 2.25. The Morgan fingerprint density at radius 3 is 2.41 bits per heavy atom. The summed E-state index contributed by atoms with van der Waals surface area (Å²) in [6, 6.07) is 9.63. The fraction of sp³-hybridized carbons (Fsp3) is 0.478. The molecular formula is C23H28N4O2. The van der Waals surface area contributed by atoms with E-state index in [4.69, 9.17) is 10.00 Å². The normalized spacial score (nSPS) is 18.9. The summed E-state index contributed by atoms with van der Waals surface area (Å²) in [6.45, 7) is 8.03. The van der Waals surface area contributed by atoms with Crippen LogP contribution in [0.25, 0.3) is 0 Å². The number of amides is 1. The number of aromatic nitrogens is 2. The Hall–Kier alpha value is -2.94. The van der Waals surface area contributed by atoms with Gasteiger partial charge in [0.15, 0.2) is 5.69 Å². The van der Waals surface area contributed by atoms with Crippen molar-refractivity contribution in [2.24, 2.45) is 0 Å². The van der Waals surface area contributed by atoms with Crippen LogP contribution in [0.5, 0.6) is 5.75 Å². The fourth-order valence-corrected chi connectivity index (χ4v) is 3.58. The van der Waals surface area contributed by atoms with E-state index in [0.29, 0.717) is 17.2 Å². The number of carbonyl (C=O) groups is 1. The Bertz CT molecular complexity index is 908. The highest BCUT2D eigenvalue weighted by atomic mass is 16.5. The lowest BCUT2D eigenvalue weighted by molar-refractivity contribution is 0.0887. The van der Waals surface area contributed by atoms with Gasteiger partial charge >= 0.3 is 0 Å². The zero-order chi connectivity index (χ0) is 21.0. The van der Waals surface area contributed by atoms with Crippen molar-refractivity contribution < 1.29 is 9.53 Å². The van der Waals surface area contributed by atoms with Crippen LogP contribution in [0.15, 0.2) is 24.3 Å². The van der Waals surface area contributed by atoms with E-state index in [-0.39, 0.29) is 18.1 Å². The average molecular weight is 393 g/mol. The van der Waals surface area contributed by atoms with Crippen molar-refractivity contribution in [3.63, 3.8) is 0 Å². The largest absolute Gasteiger partial charge is 0.490 e. The van der Waals surface area contributed by atoms with Crippen molar-refractivity contribution in [2.75, 3.05) is 0 Å². The smallest absolute Gasteiger partial charge is 0.272 e. The lowest BCUT2D eigenvalue weighted by Crippen LogP contribution is -2.40. The summed E-state index contributed by atoms with van der Waals surface area (Å²) in [6.07, 6.45) is 3.60. The number of hydrogen-bond donors (Lipinski definition) is 1. The second kappa shape index (κ2) is 9.04. The SMILES string of the molecule is Cc1c(C#N)ccc(OC2CCC(NC(=O)c3ccc(C(C)C)nn3)CC2)c1C. The third kappa shape index (κ3) is 4.92. The van der Waals surface area contributed by atoms with Gasteiger partial charge in [0.2, 0.25) is 0 Å². The van der Waals surface area contributed by atoms with Crippen LogP contribution in [-0.4, -0.2) is 28.3 Å². The Morgan fingerprint density at radius 1 is 1.10 bits per heavy atom. The molecule has 3 rings (SSSR count). The van der Waals surface area contributed by atoms with Crippen molar-refractivity contribution in [2.45, 2.75) is 71.4 Å². The monoisotopic (exact) mass is 392 g/mol. The summed E-state index contributed by atoms with van der Waals surface area (Å²) < 4.78 is 6.20. The molecule has 152 valence electrons. The van der Waals surface area contributed by atoms with E-state index in [1.165, 1.54) is 0 Å². The topological polar surface area (TPSA) is 87.9 Å². The summed E-state index contributed by atoms with van der Waals surface area (Å²) in [7, 11) is 0. The van der Waals surface area contributed by atoms with Crippen LogP contribution >= 0.6 is 0 Å². The number of nitrogens with one attached hydrogen (secondary N) is 1. The summed E-state index contributed by atoms with van der Waals surface area (Å²) in [5.74, 6) is 0.962. The first-order chi connectivity index (χ1) is 13.9. The van der Waals surface area contributed by atoms with Crippen molar-refractivity contribution in [3.05, 3.63) is 52.3 Å². The molecule has 29 heavy (non-hydrogen) atoms. The maximum absolute atomic E-state index is 12.4. The molecule has 0 atom stereocenters. The Labute approximate surface area is 172 Å². The summed E-state index contributed by atoms with van der Waals surface area (Å²) in [4.78, 5) is 12.4. The van der Waals surface area contributed by atoms with Crippen LogP contribution in [-0.2, 0) is 0 Å². The second-order valence-corrected chi connectivity index (χ2v) is 8.04. The molecule has 1 aliphatic rings. The molecule has 0 spiro atoms. The summed E-state index contributed by atoms with van der Waals surface area (Å²) in [5.41, 5.74) is 3.91. The first-order valence-corrected chi connectivity index (χ1v) is 10.2. The molecule has 1 N–H and O–H groups in total. The molecule has 1 amide bonds. The number of ether oxygens (including phenoxy) is 1. The lowest BCUT2D eigenvalue weighted by Gasteiger charge is -2.30. The molecule has 0 radical (unpaired) electrons. The molecule has 0 aliphatic heterocycles. The molecule has 6 heteroatoms. The van der Waals surface area contributed by atoms with Crippen molar-refractivity contribution in [1.82, 2.24) is 15.5 Å². The fourth-order valence-electron chi connectivity index (χ4n) is 3.58. The van der Waals surface area contributed by atoms with Crippen LogP contribution in [0.1, 0.15) is 78.3 Å². The van der Waals surface area contributed by atoms with E-state index in [2.05, 4.69) is 21.6 Å². The lowest BCUT2D eigenvalue weighted by atomic mass is 9.92. The summed E-state index contributed by atoms with van der Waals surface area (Å²) >= 11 is 0. The second-order valence-electron chi connectivity index (χ2n) is 8.04. The van der Waals surface area contributed by atoms with E-state index in [1.54, 1.807) is 6.07 Å². The van der Waals surface area contributed by atoms with Crippen LogP contribution in [0.4, 0.5) is 0 Å². The Morgan fingerprint density at radius 2 is 1.83 bits per heavy atom. The molecule has 2 aromatic rings. The molecule has 0 saturated heterocycles. The standard InChI is InChI=1S/C23H28N4O2/c1-14(2)20-10-11-21(27-26-20)23(28)25-18-6-8-19(9-7-18)29-22-12-5-17(13-24)15(3)16(22)4/h5,10-12,14,18-19H,6-9H2,1-4H3,(H,25,28). The molecule has 1 heterocycles. The van der Waals surface area contributed by atoms with Gasteiger partial charge in [-0.05, 0) is 80.8 Å². The van der Waals surface area contributed by atoms with Crippen LogP contribution < -0.4 is 10.1 Å². The van der Waals surface area contributed by atoms with E-state index >= 15 is 0 Å². The van der Waals surface area contributed by atoms with Crippen LogP contribution in [0, 0.1) is 25.2 Å². The molecule has 1 saturated carbocycles. The number of benzene rings is 1. The zero-order valence-corrected chi connectivity index (χ0v) is 17.5. The molecule has 0 bridgehead atoms. The van der Waals surface area contributed by atoms with Gasteiger partial charge in [0.05, 0.1) is 23.4 Å². The van der Waals surface area contributed by atoms with E-state index in [1.807, 2.05) is 45.9 Å². The first kappa shape index (κ1) is 20.8. The zero-order valence-electron chi connectivity index (χ0n) is 17.5. The number of nitriles is 1. The molecule has 6 nitrogen and oxygen atoms in total. The van der Waals surface area contributed by atoms with Gasteiger partial charge in [0.1, 0.15) is 5.75 Å². The van der Waals surface area contributed by atoms with Crippen molar-refractivity contribution >= 4 is 5.91 Å². The maximum Gasteiger partial charge on any atom is 0.272 e. The van der Waals surface area contributed by atoms with Gasteiger partial charge in [0, 0.05) is 6.04 Å². The van der Waals surface area contributed by atoms with E-state index in [9.17, 15) is 4.79 Å². The predicted octanol–water partition coefficient (Wildman–Crippen LogP) is 4.21. The Balaban J connectivity index is 1.52. The third-order valence-corrected chi connectivity index (χ3v) is 5.67. The minimum absolute atomic E-state index is 0.123. The molecule has 1 aromatic carbocycles. The number of hydrogen-bond acceptors (Lipinski definition) is 5. The van der Waals surface area contributed by atoms with Gasteiger partial charge in [-0.25, -0.2) is 0 Å². The van der Waals surface area contributed by atoms with Gasteiger partial charge in [-0.1, -0.05) is 13.8 Å². The maximum atomic E-state index is 12.4. The minimum Gasteiger partial charge on any atom is -0.490 e. The minimum atomic E-state index is -0.171. The third-order valence-electron chi connectivity index (χ3n) is 5.67. The molecule has 1 fully saturated rings. The highest BCUT2D eigenvalue weighted by Crippen LogP contribution is 2.29. The molecule has 0 unspecified atom stereocenters. The van der Waals surface area contributed by atoms with E-state index < -0.39 is 0 Å². The first-order valence-electron chi connectivity index (χ1n) is 10.2. The van der Waals surface area contributed by atoms with Gasteiger partial charge in [-0.2, -0.15) is 10.4 Å². The quantitative estimate of drug-likeness (QED) is 0.823. The highest BCUT2D eigenvalue weighted by molar-refractivity contribution is 5.92. The van der Waals surface area contributed by atoms with Crippen LogP contribution in [0.3, 0.4) is 0 Å². The number of rotatable bonds is 5. The average Bonchev–Trinajstić information content (AvgIpc) is 2.73. The number of carbonyl (C=O) groups excluding carboxylic acids is 1. The molecule has 1 aromatic heterocycles. The van der Waals surface area contributed by atoms with Gasteiger partial charge in [-0.15, -0.1) is 5.10 Å². The molecular weight excluding hydrogens is 364 g/mol. The van der Waals surface area contributed by atoms with Gasteiger partial charge < -0.3 is 10.1 Å². The van der Waals surface area contributed by atoms with Crippen molar-refractivity contribution in [1.29, 1.82) is 5.26 Å². The van der Waals surface area contributed by atoms with Crippen molar-refractivity contribution in [3.8, 4) is 11.8 Å². The summed E-state index contributed by atoms with van der Waals surface area (Å²) in [5, 5.41) is 20.4. The van der Waals surface area contributed by atoms with E-state index in [0.717, 1.165) is 48.3 Å². The predicted molar refractivity (Wildman–Crippen MR) is 111 cm³/mol.